The number of hydrogen-bond donors (Lipinski definition) is 2. The number of fused-ring (bicyclic) bond motifs is 4. The predicted molar refractivity (Wildman–Crippen MR) is 164 cm³/mol. The van der Waals surface area contributed by atoms with Gasteiger partial charge in [-0.25, -0.2) is 4.98 Å². The maximum atomic E-state index is 13.8. The van der Waals surface area contributed by atoms with Gasteiger partial charge in [0, 0.05) is 53.1 Å². The number of halogens is 1. The molecular formula is C31H29ClN8O4. The highest BCUT2D eigenvalue weighted by Crippen LogP contribution is 2.34. The Bertz CT molecular complexity index is 1940. The van der Waals surface area contributed by atoms with Crippen molar-refractivity contribution in [3.8, 4) is 33.6 Å². The van der Waals surface area contributed by atoms with Crippen molar-refractivity contribution in [1.29, 1.82) is 0 Å². The molecule has 0 fully saturated rings. The van der Waals surface area contributed by atoms with Crippen LogP contribution in [0.25, 0.3) is 33.6 Å². The molecular weight excluding hydrogens is 584 g/mol. The number of amides is 1. The molecule has 2 N–H and O–H groups in total. The van der Waals surface area contributed by atoms with Gasteiger partial charge in [0.2, 0.25) is 5.91 Å². The Labute approximate surface area is 257 Å². The fourth-order valence-electron chi connectivity index (χ4n) is 5.58. The third kappa shape index (κ3) is 5.76. The fraction of sp³-hybridized carbons (Fsp3) is 0.258. The van der Waals surface area contributed by atoms with Crippen molar-refractivity contribution in [2.45, 2.75) is 38.8 Å². The maximum Gasteiger partial charge on any atom is 0.325 e. The summed E-state index contributed by atoms with van der Waals surface area (Å²) in [5.41, 5.74) is 4.98. The zero-order valence-electron chi connectivity index (χ0n) is 24.0. The Balaban J connectivity index is 1.41. The highest BCUT2D eigenvalue weighted by Gasteiger charge is 2.24. The molecule has 44 heavy (non-hydrogen) atoms. The first-order valence-electron chi connectivity index (χ1n) is 14.1. The quantitative estimate of drug-likeness (QED) is 0.291. The third-order valence-corrected chi connectivity index (χ3v) is 8.06. The zero-order chi connectivity index (χ0) is 31.0. The topological polar surface area (TPSA) is 150 Å². The normalized spacial score (nSPS) is 16.8. The van der Waals surface area contributed by atoms with E-state index in [2.05, 4.69) is 25.5 Å². The summed E-state index contributed by atoms with van der Waals surface area (Å²) in [6.07, 6.45) is 9.91. The molecule has 5 aromatic rings. The number of carboxylic acid groups (broad SMARTS) is 1. The Morgan fingerprint density at radius 2 is 1.89 bits per heavy atom. The molecule has 1 aliphatic rings. The lowest BCUT2D eigenvalue weighted by Crippen LogP contribution is -2.27. The number of rotatable bonds is 5. The number of carbonyl (C=O) groups is 2. The van der Waals surface area contributed by atoms with Crippen LogP contribution in [0.1, 0.15) is 37.9 Å². The van der Waals surface area contributed by atoms with E-state index in [1.165, 1.54) is 17.1 Å². The summed E-state index contributed by atoms with van der Waals surface area (Å²) in [5, 5.41) is 21.1. The number of aryl methyl sites for hydroxylation is 1. The number of carbonyl (C=O) groups excluding carboxylic acids is 1. The van der Waals surface area contributed by atoms with Crippen molar-refractivity contribution >= 4 is 29.2 Å². The first-order valence-corrected chi connectivity index (χ1v) is 14.5. The van der Waals surface area contributed by atoms with E-state index < -0.39 is 12.0 Å². The van der Waals surface area contributed by atoms with Crippen LogP contribution < -0.4 is 10.9 Å². The number of nitrogens with zero attached hydrogens (tertiary/aromatic N) is 7. The van der Waals surface area contributed by atoms with Crippen LogP contribution in [-0.4, -0.2) is 51.1 Å². The number of aliphatic carboxylic acids is 1. The van der Waals surface area contributed by atoms with Crippen molar-refractivity contribution in [2.24, 2.45) is 13.0 Å². The minimum atomic E-state index is -1.01. The number of aromatic nitrogens is 7. The number of pyridine rings is 1. The summed E-state index contributed by atoms with van der Waals surface area (Å²) in [6, 6.07) is 10.0. The lowest BCUT2D eigenvalue weighted by molar-refractivity contribution is -0.137. The number of anilines is 1. The van der Waals surface area contributed by atoms with Gasteiger partial charge < -0.3 is 10.4 Å². The molecule has 0 radical (unpaired) electrons. The third-order valence-electron chi connectivity index (χ3n) is 7.83. The summed E-state index contributed by atoms with van der Waals surface area (Å²) in [6.45, 7) is 1.61. The second-order valence-corrected chi connectivity index (χ2v) is 11.3. The van der Waals surface area contributed by atoms with Gasteiger partial charge in [-0.2, -0.15) is 10.2 Å². The Morgan fingerprint density at radius 1 is 1.05 bits per heavy atom. The van der Waals surface area contributed by atoms with Crippen molar-refractivity contribution < 1.29 is 14.7 Å². The van der Waals surface area contributed by atoms with Crippen LogP contribution in [0.5, 0.6) is 0 Å². The van der Waals surface area contributed by atoms with Crippen molar-refractivity contribution in [3.05, 3.63) is 88.6 Å². The Hall–Kier alpha value is -5.10. The zero-order valence-corrected chi connectivity index (χ0v) is 24.8. The molecule has 224 valence electrons. The van der Waals surface area contributed by atoms with Gasteiger partial charge in [0.25, 0.3) is 5.56 Å². The van der Waals surface area contributed by atoms with E-state index in [0.29, 0.717) is 58.1 Å². The average molecular weight is 613 g/mol. The van der Waals surface area contributed by atoms with Crippen LogP contribution in [0.15, 0.2) is 72.3 Å². The van der Waals surface area contributed by atoms with Gasteiger partial charge in [-0.3, -0.25) is 33.3 Å². The van der Waals surface area contributed by atoms with E-state index in [1.54, 1.807) is 52.2 Å². The highest BCUT2D eigenvalue weighted by molar-refractivity contribution is 6.31. The Kier molecular flexibility index (Phi) is 7.83. The second kappa shape index (κ2) is 11.9. The maximum absolute atomic E-state index is 13.8. The summed E-state index contributed by atoms with van der Waals surface area (Å²) in [4.78, 5) is 47.2. The summed E-state index contributed by atoms with van der Waals surface area (Å²) < 4.78 is 4.60. The van der Waals surface area contributed by atoms with Crippen LogP contribution in [0.3, 0.4) is 0 Å². The lowest BCUT2D eigenvalue weighted by Gasteiger charge is -2.22. The number of benzene rings is 1. The highest BCUT2D eigenvalue weighted by atomic mass is 35.5. The fourth-order valence-corrected chi connectivity index (χ4v) is 5.75. The van der Waals surface area contributed by atoms with E-state index in [-0.39, 0.29) is 23.9 Å². The van der Waals surface area contributed by atoms with Crippen LogP contribution in [0.4, 0.5) is 5.69 Å². The molecule has 13 heteroatoms. The molecule has 2 bridgehead atoms. The molecule has 0 unspecified atom stereocenters. The second-order valence-electron chi connectivity index (χ2n) is 10.9. The number of nitrogens with one attached hydrogen (secondary N) is 1. The predicted octanol–water partition coefficient (Wildman–Crippen LogP) is 4.66. The van der Waals surface area contributed by atoms with E-state index in [1.807, 2.05) is 26.1 Å². The van der Waals surface area contributed by atoms with Crippen molar-refractivity contribution in [3.63, 3.8) is 0 Å². The van der Waals surface area contributed by atoms with Crippen molar-refractivity contribution in [1.82, 2.24) is 34.1 Å². The van der Waals surface area contributed by atoms with Gasteiger partial charge in [-0.15, -0.1) is 0 Å². The van der Waals surface area contributed by atoms with Gasteiger partial charge in [0.1, 0.15) is 6.54 Å². The molecule has 0 saturated heterocycles. The minimum Gasteiger partial charge on any atom is -0.480 e. The molecule has 1 aliphatic heterocycles. The molecule has 1 amide bonds. The molecule has 0 spiro atoms. The minimum absolute atomic E-state index is 0.0836. The molecule has 4 aromatic heterocycles. The van der Waals surface area contributed by atoms with E-state index in [4.69, 9.17) is 16.7 Å². The molecule has 0 saturated carbocycles. The smallest absolute Gasteiger partial charge is 0.325 e. The van der Waals surface area contributed by atoms with Gasteiger partial charge in [0.15, 0.2) is 0 Å². The molecule has 0 aliphatic carbocycles. The van der Waals surface area contributed by atoms with Crippen LogP contribution in [0, 0.1) is 5.92 Å². The van der Waals surface area contributed by atoms with Gasteiger partial charge in [-0.05, 0) is 42.7 Å². The first kappa shape index (κ1) is 29.0. The standard InChI is InChI=1S/C31H29ClN8O4/c1-18-4-3-5-27(25-10-19(8-9-33-25)30-26(37-31(18)44)14-35-38(30)2)40-17-34-24(12-28(40)41)23-11-21(32)6-7-22(23)20-13-36-39(15-20)16-29(42)43/h6-15,17-18,27H,3-5,16H2,1-2H3,(H,37,44)(H,42,43)/t18-,27+/m1/s1. The SMILES string of the molecule is C[C@@H]1CCC[C@H](n2cnc(-c3cc(Cl)ccc3-c3cnn(CC(=O)O)c3)cc2=O)c2cc(ccn2)-c2c(cnn2C)NC1=O. The number of hydrogen-bond acceptors (Lipinski definition) is 7. The van der Waals surface area contributed by atoms with E-state index >= 15 is 0 Å². The Morgan fingerprint density at radius 3 is 2.68 bits per heavy atom. The van der Waals surface area contributed by atoms with Gasteiger partial charge >= 0.3 is 5.97 Å². The van der Waals surface area contributed by atoms with Crippen molar-refractivity contribution in [2.75, 3.05) is 5.32 Å². The molecule has 6 rings (SSSR count). The lowest BCUT2D eigenvalue weighted by atomic mass is 9.96. The first-order chi connectivity index (χ1) is 21.2. The summed E-state index contributed by atoms with van der Waals surface area (Å²) >= 11 is 6.35. The summed E-state index contributed by atoms with van der Waals surface area (Å²) in [7, 11) is 1.81. The van der Waals surface area contributed by atoms with E-state index in [0.717, 1.165) is 11.3 Å². The number of carboxylic acids is 1. The largest absolute Gasteiger partial charge is 0.480 e. The monoisotopic (exact) mass is 612 g/mol. The molecule has 5 heterocycles. The van der Waals surface area contributed by atoms with Crippen LogP contribution in [-0.2, 0) is 23.2 Å². The average Bonchev–Trinajstić information content (AvgIpc) is 3.60. The molecule has 2 atom stereocenters. The van der Waals surface area contributed by atoms with E-state index in [9.17, 15) is 14.4 Å². The van der Waals surface area contributed by atoms with Gasteiger partial charge in [0.05, 0.1) is 47.5 Å². The summed E-state index contributed by atoms with van der Waals surface area (Å²) in [5.74, 6) is -1.33. The van der Waals surface area contributed by atoms with Gasteiger partial charge in [-0.1, -0.05) is 31.0 Å². The van der Waals surface area contributed by atoms with Crippen LogP contribution >= 0.6 is 11.6 Å². The van der Waals surface area contributed by atoms with Crippen LogP contribution in [0.2, 0.25) is 5.02 Å². The molecule has 1 aromatic carbocycles. The molecule has 12 nitrogen and oxygen atoms in total.